The van der Waals surface area contributed by atoms with E-state index < -0.39 is 0 Å². The lowest BCUT2D eigenvalue weighted by molar-refractivity contribution is 0.803. The Hall–Kier alpha value is -1.10. The molecule has 0 aliphatic rings. The zero-order valence-corrected chi connectivity index (χ0v) is 12.1. The normalized spacial score (nSPS) is 10.6. The molecule has 1 aromatic carbocycles. The molecular weight excluding hydrogens is 266 g/mol. The average molecular weight is 282 g/mol. The molecule has 1 N–H and O–H groups in total. The standard InChI is InChI=1S/C13H16ClN3S/c1-15-6-10-3-4-11(14)5-13(10)17(2)7-12-8-18-9-16-12/h3-5,8-9,15H,6-7H2,1-2H3. The average Bonchev–Trinajstić information content (AvgIpc) is 2.84. The van der Waals surface area contributed by atoms with Gasteiger partial charge in [0.2, 0.25) is 0 Å². The fraction of sp³-hybridized carbons (Fsp3) is 0.308. The third kappa shape index (κ3) is 3.22. The van der Waals surface area contributed by atoms with E-state index in [4.69, 9.17) is 11.6 Å². The molecule has 0 unspecified atom stereocenters. The first kappa shape index (κ1) is 13.3. The summed E-state index contributed by atoms with van der Waals surface area (Å²) in [6.45, 7) is 1.62. The maximum absolute atomic E-state index is 6.08. The lowest BCUT2D eigenvalue weighted by atomic mass is 10.1. The van der Waals surface area contributed by atoms with Crippen molar-refractivity contribution in [1.29, 1.82) is 0 Å². The SMILES string of the molecule is CNCc1ccc(Cl)cc1N(C)Cc1cscn1. The number of rotatable bonds is 5. The molecule has 3 nitrogen and oxygen atoms in total. The van der Waals surface area contributed by atoms with E-state index in [1.165, 1.54) is 5.56 Å². The van der Waals surface area contributed by atoms with Gasteiger partial charge in [0.1, 0.15) is 0 Å². The molecule has 5 heteroatoms. The molecule has 1 aromatic heterocycles. The molecule has 0 aliphatic carbocycles. The Kier molecular flexibility index (Phi) is 4.58. The van der Waals surface area contributed by atoms with Crippen molar-refractivity contribution in [2.45, 2.75) is 13.1 Å². The third-order valence-electron chi connectivity index (χ3n) is 2.71. The second-order valence-electron chi connectivity index (χ2n) is 4.14. The first-order valence-electron chi connectivity index (χ1n) is 5.72. The van der Waals surface area contributed by atoms with E-state index >= 15 is 0 Å². The van der Waals surface area contributed by atoms with Gasteiger partial charge in [0.15, 0.2) is 0 Å². The van der Waals surface area contributed by atoms with Crippen LogP contribution in [0.2, 0.25) is 5.02 Å². The molecule has 0 saturated carbocycles. The molecule has 0 fully saturated rings. The van der Waals surface area contributed by atoms with Gasteiger partial charge in [-0.05, 0) is 24.7 Å². The van der Waals surface area contributed by atoms with Gasteiger partial charge in [0.25, 0.3) is 0 Å². The van der Waals surface area contributed by atoms with E-state index in [0.29, 0.717) is 0 Å². The number of anilines is 1. The largest absolute Gasteiger partial charge is 0.368 e. The van der Waals surface area contributed by atoms with Crippen molar-refractivity contribution in [2.75, 3.05) is 19.0 Å². The van der Waals surface area contributed by atoms with Crippen LogP contribution in [0.4, 0.5) is 5.69 Å². The summed E-state index contributed by atoms with van der Waals surface area (Å²) < 4.78 is 0. The van der Waals surface area contributed by atoms with Gasteiger partial charge in [-0.2, -0.15) is 0 Å². The molecule has 1 heterocycles. The van der Waals surface area contributed by atoms with E-state index in [9.17, 15) is 0 Å². The number of hydrogen-bond donors (Lipinski definition) is 1. The zero-order chi connectivity index (χ0) is 13.0. The summed E-state index contributed by atoms with van der Waals surface area (Å²) in [5, 5.41) is 6.00. The molecule has 0 spiro atoms. The number of hydrogen-bond acceptors (Lipinski definition) is 4. The van der Waals surface area contributed by atoms with Crippen LogP contribution in [0.15, 0.2) is 29.1 Å². The monoisotopic (exact) mass is 281 g/mol. The number of halogens is 1. The van der Waals surface area contributed by atoms with Crippen LogP contribution >= 0.6 is 22.9 Å². The Morgan fingerprint density at radius 1 is 1.44 bits per heavy atom. The number of nitrogens with zero attached hydrogens (tertiary/aromatic N) is 2. The molecule has 0 bridgehead atoms. The summed E-state index contributed by atoms with van der Waals surface area (Å²) >= 11 is 7.70. The first-order valence-corrected chi connectivity index (χ1v) is 7.04. The minimum Gasteiger partial charge on any atom is -0.368 e. The second kappa shape index (κ2) is 6.18. The summed E-state index contributed by atoms with van der Waals surface area (Å²) in [5.74, 6) is 0. The third-order valence-corrected chi connectivity index (χ3v) is 3.58. The van der Waals surface area contributed by atoms with Crippen molar-refractivity contribution in [2.24, 2.45) is 0 Å². The molecule has 0 aliphatic heterocycles. The molecule has 2 aromatic rings. The van der Waals surface area contributed by atoms with Crippen molar-refractivity contribution in [3.8, 4) is 0 Å². The van der Waals surface area contributed by atoms with Crippen LogP contribution in [0.5, 0.6) is 0 Å². The molecular formula is C13H16ClN3S. The lowest BCUT2D eigenvalue weighted by Crippen LogP contribution is -2.19. The minimum atomic E-state index is 0.759. The van der Waals surface area contributed by atoms with Gasteiger partial charge in [-0.15, -0.1) is 11.3 Å². The number of benzene rings is 1. The van der Waals surface area contributed by atoms with E-state index in [-0.39, 0.29) is 0 Å². The Labute approximate surface area is 116 Å². The van der Waals surface area contributed by atoms with Gasteiger partial charge in [0, 0.05) is 29.7 Å². The highest BCUT2D eigenvalue weighted by Crippen LogP contribution is 2.25. The molecule has 2 rings (SSSR count). The first-order chi connectivity index (χ1) is 8.70. The Morgan fingerprint density at radius 3 is 2.94 bits per heavy atom. The Balaban J connectivity index is 2.22. The highest BCUT2D eigenvalue weighted by atomic mass is 35.5. The van der Waals surface area contributed by atoms with Gasteiger partial charge in [-0.3, -0.25) is 0 Å². The maximum atomic E-state index is 6.08. The fourth-order valence-corrected chi connectivity index (χ4v) is 2.59. The van der Waals surface area contributed by atoms with Crippen molar-refractivity contribution in [3.63, 3.8) is 0 Å². The van der Waals surface area contributed by atoms with Crippen molar-refractivity contribution < 1.29 is 0 Å². The van der Waals surface area contributed by atoms with Crippen molar-refractivity contribution >= 4 is 28.6 Å². The van der Waals surface area contributed by atoms with Crippen LogP contribution < -0.4 is 10.2 Å². The van der Waals surface area contributed by atoms with Crippen LogP contribution in [-0.4, -0.2) is 19.1 Å². The van der Waals surface area contributed by atoms with Gasteiger partial charge < -0.3 is 10.2 Å². The minimum absolute atomic E-state index is 0.759. The lowest BCUT2D eigenvalue weighted by Gasteiger charge is -2.22. The van der Waals surface area contributed by atoms with E-state index in [1.54, 1.807) is 11.3 Å². The fourth-order valence-electron chi connectivity index (χ4n) is 1.88. The van der Waals surface area contributed by atoms with E-state index in [0.717, 1.165) is 29.5 Å². The van der Waals surface area contributed by atoms with Crippen LogP contribution in [0, 0.1) is 0 Å². The van der Waals surface area contributed by atoms with Gasteiger partial charge in [-0.25, -0.2) is 4.98 Å². The highest BCUT2D eigenvalue weighted by molar-refractivity contribution is 7.07. The number of nitrogens with one attached hydrogen (secondary N) is 1. The molecule has 0 radical (unpaired) electrons. The zero-order valence-electron chi connectivity index (χ0n) is 10.5. The summed E-state index contributed by atoms with van der Waals surface area (Å²) in [6.07, 6.45) is 0. The molecule has 96 valence electrons. The summed E-state index contributed by atoms with van der Waals surface area (Å²) in [6, 6.07) is 5.99. The summed E-state index contributed by atoms with van der Waals surface area (Å²) in [4.78, 5) is 6.48. The predicted octanol–water partition coefficient (Wildman–Crippen LogP) is 3.15. The Bertz CT molecular complexity index is 499. The maximum Gasteiger partial charge on any atom is 0.0795 e. The molecule has 18 heavy (non-hydrogen) atoms. The quantitative estimate of drug-likeness (QED) is 0.912. The predicted molar refractivity (Wildman–Crippen MR) is 78.4 cm³/mol. The molecule has 0 amide bonds. The van der Waals surface area contributed by atoms with Gasteiger partial charge in [0.05, 0.1) is 17.7 Å². The number of aromatic nitrogens is 1. The smallest absolute Gasteiger partial charge is 0.0795 e. The highest BCUT2D eigenvalue weighted by Gasteiger charge is 2.09. The van der Waals surface area contributed by atoms with Crippen molar-refractivity contribution in [1.82, 2.24) is 10.3 Å². The van der Waals surface area contributed by atoms with E-state index in [2.05, 4.69) is 33.7 Å². The van der Waals surface area contributed by atoms with Crippen LogP contribution in [0.1, 0.15) is 11.3 Å². The molecule has 0 atom stereocenters. The van der Waals surface area contributed by atoms with E-state index in [1.807, 2.05) is 24.7 Å². The van der Waals surface area contributed by atoms with Gasteiger partial charge in [-0.1, -0.05) is 17.7 Å². The van der Waals surface area contributed by atoms with Gasteiger partial charge >= 0.3 is 0 Å². The van der Waals surface area contributed by atoms with Crippen molar-refractivity contribution in [3.05, 3.63) is 45.4 Å². The van der Waals surface area contributed by atoms with Crippen LogP contribution in [0.3, 0.4) is 0 Å². The van der Waals surface area contributed by atoms with Crippen LogP contribution in [-0.2, 0) is 13.1 Å². The summed E-state index contributed by atoms with van der Waals surface area (Å²) in [5.41, 5.74) is 5.32. The second-order valence-corrected chi connectivity index (χ2v) is 5.29. The topological polar surface area (TPSA) is 28.2 Å². The van der Waals surface area contributed by atoms with Crippen LogP contribution in [0.25, 0.3) is 0 Å². The molecule has 0 saturated heterocycles. The Morgan fingerprint density at radius 2 is 2.28 bits per heavy atom. The summed E-state index contributed by atoms with van der Waals surface area (Å²) in [7, 11) is 4.00. The number of thiazole rings is 1.